The lowest BCUT2D eigenvalue weighted by Gasteiger charge is -2.04. The van der Waals surface area contributed by atoms with E-state index in [1.54, 1.807) is 4.57 Å². The first-order valence-corrected chi connectivity index (χ1v) is 4.64. The first-order chi connectivity index (χ1) is 7.58. The van der Waals surface area contributed by atoms with Gasteiger partial charge in [-0.2, -0.15) is 4.98 Å². The van der Waals surface area contributed by atoms with Crippen LogP contribution in [0.4, 0.5) is 5.95 Å². The zero-order chi connectivity index (χ0) is 11.7. The fraction of sp³-hybridized carbons (Fsp3) is 0.375. The molecule has 2 aromatic rings. The summed E-state index contributed by atoms with van der Waals surface area (Å²) >= 11 is 0. The fourth-order valence-electron chi connectivity index (χ4n) is 1.39. The minimum atomic E-state index is -1.41. The Morgan fingerprint density at radius 2 is 2.31 bits per heavy atom. The standard InChI is InChI=1S/C8H11N5O3/c9-8-11-6-5(7(16)12-8)10-3-13(6)2-1-4(14)15/h3-4,14-15H,1-2H2,(H3,9,11,12,16). The summed E-state index contributed by atoms with van der Waals surface area (Å²) in [5.74, 6) is 0.00352. The van der Waals surface area contributed by atoms with Crippen LogP contribution in [0.2, 0.25) is 0 Å². The molecule has 0 unspecified atom stereocenters. The molecule has 0 aliphatic rings. The number of hydrogen-bond donors (Lipinski definition) is 4. The molecule has 8 heteroatoms. The lowest BCUT2D eigenvalue weighted by molar-refractivity contribution is -0.0475. The predicted molar refractivity (Wildman–Crippen MR) is 55.4 cm³/mol. The fourth-order valence-corrected chi connectivity index (χ4v) is 1.39. The third-order valence-corrected chi connectivity index (χ3v) is 2.12. The lowest BCUT2D eigenvalue weighted by atomic mass is 10.4. The van der Waals surface area contributed by atoms with Crippen molar-refractivity contribution in [1.82, 2.24) is 19.5 Å². The normalized spacial score (nSPS) is 11.4. The van der Waals surface area contributed by atoms with E-state index in [0.29, 0.717) is 12.2 Å². The molecule has 2 heterocycles. The van der Waals surface area contributed by atoms with E-state index in [1.807, 2.05) is 0 Å². The van der Waals surface area contributed by atoms with Gasteiger partial charge < -0.3 is 20.5 Å². The van der Waals surface area contributed by atoms with Gasteiger partial charge in [0.25, 0.3) is 5.56 Å². The second kappa shape index (κ2) is 3.91. The Bertz CT molecular complexity index is 558. The van der Waals surface area contributed by atoms with Crippen molar-refractivity contribution in [3.8, 4) is 0 Å². The number of aliphatic hydroxyl groups excluding tert-OH is 1. The van der Waals surface area contributed by atoms with Crippen LogP contribution in [0.5, 0.6) is 0 Å². The number of aryl methyl sites for hydroxylation is 1. The topological polar surface area (TPSA) is 130 Å². The summed E-state index contributed by atoms with van der Waals surface area (Å²) < 4.78 is 1.54. The first kappa shape index (κ1) is 10.6. The largest absolute Gasteiger partial charge is 0.369 e. The van der Waals surface area contributed by atoms with Crippen LogP contribution >= 0.6 is 0 Å². The number of nitrogens with one attached hydrogen (secondary N) is 1. The van der Waals surface area contributed by atoms with Crippen molar-refractivity contribution in [2.24, 2.45) is 0 Å². The van der Waals surface area contributed by atoms with E-state index >= 15 is 0 Å². The first-order valence-electron chi connectivity index (χ1n) is 4.64. The van der Waals surface area contributed by atoms with Gasteiger partial charge in [0, 0.05) is 13.0 Å². The average Bonchev–Trinajstić information content (AvgIpc) is 2.58. The molecule has 0 bridgehead atoms. The highest BCUT2D eigenvalue weighted by Crippen LogP contribution is 2.07. The summed E-state index contributed by atoms with van der Waals surface area (Å²) in [6.07, 6.45) is 0.131. The monoisotopic (exact) mass is 225 g/mol. The van der Waals surface area contributed by atoms with Gasteiger partial charge in [0.1, 0.15) is 0 Å². The van der Waals surface area contributed by atoms with Gasteiger partial charge in [-0.25, -0.2) is 4.98 Å². The summed E-state index contributed by atoms with van der Waals surface area (Å²) in [4.78, 5) is 21.5. The van der Waals surface area contributed by atoms with Crippen LogP contribution < -0.4 is 11.3 Å². The Hall–Kier alpha value is -1.93. The van der Waals surface area contributed by atoms with E-state index in [2.05, 4.69) is 15.0 Å². The molecule has 2 rings (SSSR count). The third kappa shape index (κ3) is 1.88. The number of fused-ring (bicyclic) bond motifs is 1. The summed E-state index contributed by atoms with van der Waals surface area (Å²) in [6.45, 7) is 0.296. The molecule has 86 valence electrons. The Balaban J connectivity index is 2.44. The third-order valence-electron chi connectivity index (χ3n) is 2.12. The molecule has 8 nitrogen and oxygen atoms in total. The summed E-state index contributed by atoms with van der Waals surface area (Å²) in [5.41, 5.74) is 5.51. The zero-order valence-corrected chi connectivity index (χ0v) is 8.29. The maximum Gasteiger partial charge on any atom is 0.280 e. The minimum Gasteiger partial charge on any atom is -0.369 e. The highest BCUT2D eigenvalue weighted by molar-refractivity contribution is 5.70. The summed E-state index contributed by atoms with van der Waals surface area (Å²) in [6, 6.07) is 0. The number of rotatable bonds is 3. The molecule has 0 saturated heterocycles. The van der Waals surface area contributed by atoms with Crippen molar-refractivity contribution in [2.45, 2.75) is 19.3 Å². The second-order valence-electron chi connectivity index (χ2n) is 3.33. The van der Waals surface area contributed by atoms with E-state index in [1.165, 1.54) is 6.33 Å². The van der Waals surface area contributed by atoms with Gasteiger partial charge in [-0.3, -0.25) is 9.78 Å². The van der Waals surface area contributed by atoms with E-state index in [4.69, 9.17) is 15.9 Å². The molecule has 0 aliphatic heterocycles. The van der Waals surface area contributed by atoms with Crippen molar-refractivity contribution in [1.29, 1.82) is 0 Å². The molecular weight excluding hydrogens is 214 g/mol. The van der Waals surface area contributed by atoms with E-state index in [0.717, 1.165) is 0 Å². The van der Waals surface area contributed by atoms with Gasteiger partial charge >= 0.3 is 0 Å². The zero-order valence-electron chi connectivity index (χ0n) is 8.29. The number of anilines is 1. The highest BCUT2D eigenvalue weighted by Gasteiger charge is 2.09. The van der Waals surface area contributed by atoms with Crippen LogP contribution in [0.15, 0.2) is 11.1 Å². The SMILES string of the molecule is Nc1nc2c(ncn2CCC(O)O)c(=O)[nH]1. The minimum absolute atomic E-state index is 0.00352. The number of nitrogens with zero attached hydrogens (tertiary/aromatic N) is 3. The van der Waals surface area contributed by atoms with Crippen LogP contribution in [-0.2, 0) is 6.54 Å². The Kier molecular flexibility index (Phi) is 2.59. The predicted octanol–water partition coefficient (Wildman–Crippen LogP) is -1.60. The number of hydrogen-bond acceptors (Lipinski definition) is 6. The number of aromatic amines is 1. The van der Waals surface area contributed by atoms with Crippen LogP contribution in [0.1, 0.15) is 6.42 Å². The number of aliphatic hydroxyl groups is 2. The van der Waals surface area contributed by atoms with Gasteiger partial charge in [-0.05, 0) is 0 Å². The quantitative estimate of drug-likeness (QED) is 0.465. The summed E-state index contributed by atoms with van der Waals surface area (Å²) in [7, 11) is 0. The number of nitrogens with two attached hydrogens (primary N) is 1. The smallest absolute Gasteiger partial charge is 0.280 e. The lowest BCUT2D eigenvalue weighted by Crippen LogP contribution is -2.13. The molecule has 16 heavy (non-hydrogen) atoms. The Labute approximate surface area is 89.4 Å². The van der Waals surface area contributed by atoms with Gasteiger partial charge in [0.2, 0.25) is 5.95 Å². The Morgan fingerprint density at radius 1 is 1.56 bits per heavy atom. The van der Waals surface area contributed by atoms with Crippen molar-refractivity contribution in [3.05, 3.63) is 16.7 Å². The molecule has 0 fully saturated rings. The second-order valence-corrected chi connectivity index (χ2v) is 3.33. The molecule has 0 spiro atoms. The van der Waals surface area contributed by atoms with Crippen molar-refractivity contribution in [2.75, 3.05) is 5.73 Å². The molecule has 0 radical (unpaired) electrons. The van der Waals surface area contributed by atoms with E-state index in [-0.39, 0.29) is 17.9 Å². The number of nitrogen functional groups attached to an aromatic ring is 1. The van der Waals surface area contributed by atoms with Crippen LogP contribution in [0, 0.1) is 0 Å². The van der Waals surface area contributed by atoms with Crippen molar-refractivity contribution < 1.29 is 10.2 Å². The summed E-state index contributed by atoms with van der Waals surface area (Å²) in [5, 5.41) is 17.5. The maximum absolute atomic E-state index is 11.4. The maximum atomic E-state index is 11.4. The van der Waals surface area contributed by atoms with Crippen LogP contribution in [0.3, 0.4) is 0 Å². The van der Waals surface area contributed by atoms with Gasteiger partial charge in [0.05, 0.1) is 6.33 Å². The molecule has 0 aromatic carbocycles. The number of imidazole rings is 1. The van der Waals surface area contributed by atoms with Crippen molar-refractivity contribution >= 4 is 17.1 Å². The van der Waals surface area contributed by atoms with Crippen molar-refractivity contribution in [3.63, 3.8) is 0 Å². The number of aromatic nitrogens is 4. The van der Waals surface area contributed by atoms with E-state index in [9.17, 15) is 4.79 Å². The van der Waals surface area contributed by atoms with Gasteiger partial charge in [-0.1, -0.05) is 0 Å². The molecule has 0 amide bonds. The Morgan fingerprint density at radius 3 is 3.00 bits per heavy atom. The molecule has 0 atom stereocenters. The van der Waals surface area contributed by atoms with Gasteiger partial charge in [0.15, 0.2) is 17.5 Å². The van der Waals surface area contributed by atoms with E-state index < -0.39 is 11.8 Å². The molecule has 0 aliphatic carbocycles. The highest BCUT2D eigenvalue weighted by atomic mass is 16.5. The molecule has 0 saturated carbocycles. The number of H-pyrrole nitrogens is 1. The van der Waals surface area contributed by atoms with Crippen LogP contribution in [-0.4, -0.2) is 36.0 Å². The van der Waals surface area contributed by atoms with Gasteiger partial charge in [-0.15, -0.1) is 0 Å². The molecular formula is C8H11N5O3. The van der Waals surface area contributed by atoms with Crippen LogP contribution in [0.25, 0.3) is 11.2 Å². The average molecular weight is 225 g/mol. The molecule has 2 aromatic heterocycles. The molecule has 5 N–H and O–H groups in total.